The summed E-state index contributed by atoms with van der Waals surface area (Å²) < 4.78 is 6.31. The molecule has 0 spiro atoms. The third-order valence-electron chi connectivity index (χ3n) is 1.53. The molecule has 0 fully saturated rings. The lowest BCUT2D eigenvalue weighted by Gasteiger charge is -1.96. The van der Waals surface area contributed by atoms with E-state index in [0.29, 0.717) is 6.61 Å². The summed E-state index contributed by atoms with van der Waals surface area (Å²) in [5.41, 5.74) is 0.871. The zero-order chi connectivity index (χ0) is 8.97. The molecule has 0 N–H and O–H groups in total. The molecule has 13 heavy (non-hydrogen) atoms. The highest BCUT2D eigenvalue weighted by molar-refractivity contribution is 5.56. The Bertz CT molecular complexity index is 289. The van der Waals surface area contributed by atoms with Crippen LogP contribution in [0.3, 0.4) is 0 Å². The Balaban J connectivity index is 0.00000144. The van der Waals surface area contributed by atoms with Gasteiger partial charge in [-0.3, -0.25) is 0 Å². The van der Waals surface area contributed by atoms with E-state index in [0.717, 1.165) is 5.69 Å². The molecule has 0 aromatic carbocycles. The molecule has 0 atom stereocenters. The predicted molar refractivity (Wildman–Crippen MR) is 43.8 cm³/mol. The van der Waals surface area contributed by atoms with E-state index in [1.165, 1.54) is 4.57 Å². The Morgan fingerprint density at radius 2 is 2.23 bits per heavy atom. The predicted octanol–water partition coefficient (Wildman–Crippen LogP) is -1.71. The molecule has 0 radical (unpaired) electrons. The van der Waals surface area contributed by atoms with Gasteiger partial charge in [-0.05, 0) is 6.92 Å². The standard InChI is InChI=1S/C9H12NO2.ClH/c1-3-12-9(11)10-7-5-4-6-8(10)2;/h4-7H,3H2,1-2H3;1H/q+1;/p-1. The maximum absolute atomic E-state index is 11.2. The van der Waals surface area contributed by atoms with Crippen molar-refractivity contribution < 1.29 is 26.5 Å². The van der Waals surface area contributed by atoms with E-state index in [1.807, 2.05) is 19.1 Å². The van der Waals surface area contributed by atoms with Crippen LogP contribution in [0.1, 0.15) is 12.6 Å². The number of hydrogen-bond donors (Lipinski definition) is 0. The molecule has 0 unspecified atom stereocenters. The molecule has 1 aromatic rings. The van der Waals surface area contributed by atoms with Gasteiger partial charge in [-0.15, -0.1) is 0 Å². The molecule has 0 bridgehead atoms. The highest BCUT2D eigenvalue weighted by Crippen LogP contribution is 1.88. The van der Waals surface area contributed by atoms with Gasteiger partial charge in [0.1, 0.15) is 0 Å². The number of rotatable bonds is 1. The average Bonchev–Trinajstić information content (AvgIpc) is 2.05. The maximum Gasteiger partial charge on any atom is 0.602 e. The van der Waals surface area contributed by atoms with Crippen molar-refractivity contribution in [1.29, 1.82) is 0 Å². The van der Waals surface area contributed by atoms with Crippen LogP contribution in [0.4, 0.5) is 4.79 Å². The fourth-order valence-corrected chi connectivity index (χ4v) is 0.926. The Kier molecular flexibility index (Phi) is 5.07. The van der Waals surface area contributed by atoms with Gasteiger partial charge >= 0.3 is 6.09 Å². The fourth-order valence-electron chi connectivity index (χ4n) is 0.926. The van der Waals surface area contributed by atoms with Crippen LogP contribution in [0.15, 0.2) is 24.4 Å². The van der Waals surface area contributed by atoms with Gasteiger partial charge in [0, 0.05) is 19.1 Å². The van der Waals surface area contributed by atoms with E-state index in [1.54, 1.807) is 19.2 Å². The number of halogens is 1. The number of pyridine rings is 1. The number of aromatic nitrogens is 1. The first-order valence-electron chi connectivity index (χ1n) is 3.90. The van der Waals surface area contributed by atoms with Gasteiger partial charge in [-0.1, -0.05) is 10.6 Å². The second-order valence-corrected chi connectivity index (χ2v) is 2.41. The summed E-state index contributed by atoms with van der Waals surface area (Å²) in [6, 6.07) is 5.53. The van der Waals surface area contributed by atoms with Gasteiger partial charge in [0.15, 0.2) is 11.9 Å². The van der Waals surface area contributed by atoms with E-state index >= 15 is 0 Å². The number of aryl methyl sites for hydroxylation is 1. The third-order valence-corrected chi connectivity index (χ3v) is 1.53. The van der Waals surface area contributed by atoms with E-state index in [2.05, 4.69) is 0 Å². The zero-order valence-electron chi connectivity index (χ0n) is 7.66. The lowest BCUT2D eigenvalue weighted by molar-refractivity contribution is -0.592. The van der Waals surface area contributed by atoms with Crippen molar-refractivity contribution in [2.24, 2.45) is 0 Å². The van der Waals surface area contributed by atoms with Crippen LogP contribution in [-0.2, 0) is 4.74 Å². The molecule has 1 heterocycles. The second kappa shape index (κ2) is 5.54. The van der Waals surface area contributed by atoms with Crippen molar-refractivity contribution >= 4 is 6.09 Å². The van der Waals surface area contributed by atoms with Gasteiger partial charge in [-0.2, -0.15) is 4.79 Å². The quantitative estimate of drug-likeness (QED) is 0.507. The van der Waals surface area contributed by atoms with E-state index in [4.69, 9.17) is 4.74 Å². The SMILES string of the molecule is CCOC(=O)[n+]1ccccc1C.[Cl-]. The molecular formula is C9H12ClNO2. The molecule has 0 saturated carbocycles. The summed E-state index contributed by atoms with van der Waals surface area (Å²) in [4.78, 5) is 11.2. The molecule has 4 heteroatoms. The summed E-state index contributed by atoms with van der Waals surface area (Å²) in [6.07, 6.45) is 1.36. The van der Waals surface area contributed by atoms with Crippen LogP contribution in [-0.4, -0.2) is 12.7 Å². The Morgan fingerprint density at radius 3 is 2.77 bits per heavy atom. The smallest absolute Gasteiger partial charge is 0.602 e. The third kappa shape index (κ3) is 3.03. The van der Waals surface area contributed by atoms with Crippen LogP contribution in [0, 0.1) is 6.92 Å². The first kappa shape index (κ1) is 11.9. The van der Waals surface area contributed by atoms with E-state index in [-0.39, 0.29) is 18.5 Å². The molecule has 72 valence electrons. The van der Waals surface area contributed by atoms with Crippen LogP contribution in [0.25, 0.3) is 0 Å². The molecule has 0 aliphatic heterocycles. The van der Waals surface area contributed by atoms with Gasteiger partial charge < -0.3 is 17.1 Å². The molecular weight excluding hydrogens is 190 g/mol. The number of nitrogens with zero attached hydrogens (tertiary/aromatic N) is 1. The minimum atomic E-state index is -0.324. The first-order chi connectivity index (χ1) is 5.75. The summed E-state index contributed by atoms with van der Waals surface area (Å²) in [6.45, 7) is 4.05. The van der Waals surface area contributed by atoms with Gasteiger partial charge in [0.05, 0.1) is 6.61 Å². The highest BCUT2D eigenvalue weighted by Gasteiger charge is 2.17. The van der Waals surface area contributed by atoms with Crippen LogP contribution >= 0.6 is 0 Å². The van der Waals surface area contributed by atoms with Crippen molar-refractivity contribution in [3.05, 3.63) is 30.1 Å². The molecule has 0 aliphatic carbocycles. The number of carbonyl (C=O) groups is 1. The number of carbonyl (C=O) groups excluding carboxylic acids is 1. The highest BCUT2D eigenvalue weighted by atomic mass is 35.5. The van der Waals surface area contributed by atoms with E-state index in [9.17, 15) is 4.79 Å². The average molecular weight is 202 g/mol. The van der Waals surface area contributed by atoms with Crippen molar-refractivity contribution in [2.75, 3.05) is 6.61 Å². The Labute approximate surface area is 83.7 Å². The largest absolute Gasteiger partial charge is 1.00 e. The fraction of sp³-hybridized carbons (Fsp3) is 0.333. The summed E-state index contributed by atoms with van der Waals surface area (Å²) in [5, 5.41) is 0. The summed E-state index contributed by atoms with van der Waals surface area (Å²) >= 11 is 0. The monoisotopic (exact) mass is 201 g/mol. The molecule has 1 rings (SSSR count). The molecule has 0 aliphatic rings. The maximum atomic E-state index is 11.2. The lowest BCUT2D eigenvalue weighted by Crippen LogP contribution is -3.00. The lowest BCUT2D eigenvalue weighted by atomic mass is 10.4. The molecule has 0 amide bonds. The van der Waals surface area contributed by atoms with Crippen LogP contribution in [0.5, 0.6) is 0 Å². The zero-order valence-corrected chi connectivity index (χ0v) is 8.41. The van der Waals surface area contributed by atoms with Gasteiger partial charge in [0.2, 0.25) is 0 Å². The van der Waals surface area contributed by atoms with E-state index < -0.39 is 0 Å². The van der Waals surface area contributed by atoms with Crippen molar-refractivity contribution in [1.82, 2.24) is 0 Å². The molecule has 0 saturated heterocycles. The number of hydrogen-bond acceptors (Lipinski definition) is 2. The summed E-state index contributed by atoms with van der Waals surface area (Å²) in [5.74, 6) is 0. The Hall–Kier alpha value is -1.09. The number of ether oxygens (including phenoxy) is 1. The molecule has 1 aromatic heterocycles. The molecule has 3 nitrogen and oxygen atoms in total. The van der Waals surface area contributed by atoms with Gasteiger partial charge in [-0.25, -0.2) is 0 Å². The van der Waals surface area contributed by atoms with Crippen molar-refractivity contribution in [3.63, 3.8) is 0 Å². The normalized spacial score (nSPS) is 8.77. The van der Waals surface area contributed by atoms with Crippen molar-refractivity contribution in [2.45, 2.75) is 13.8 Å². The summed E-state index contributed by atoms with van der Waals surface area (Å²) in [7, 11) is 0. The topological polar surface area (TPSA) is 30.2 Å². The van der Waals surface area contributed by atoms with Crippen LogP contribution < -0.4 is 17.0 Å². The minimum absolute atomic E-state index is 0. The van der Waals surface area contributed by atoms with Crippen LogP contribution in [0.2, 0.25) is 0 Å². The Morgan fingerprint density at radius 1 is 1.54 bits per heavy atom. The second-order valence-electron chi connectivity index (χ2n) is 2.41. The minimum Gasteiger partial charge on any atom is -1.00 e. The van der Waals surface area contributed by atoms with Crippen molar-refractivity contribution in [3.8, 4) is 0 Å². The van der Waals surface area contributed by atoms with Gasteiger partial charge in [0.25, 0.3) is 0 Å². The first-order valence-corrected chi connectivity index (χ1v) is 3.90.